The van der Waals surface area contributed by atoms with Crippen molar-refractivity contribution in [2.24, 2.45) is 0 Å². The predicted molar refractivity (Wildman–Crippen MR) is 251 cm³/mol. The van der Waals surface area contributed by atoms with Crippen LogP contribution in [0.4, 0.5) is 4.79 Å². The Balaban J connectivity index is 1.52. The number of hydrogen-bond donors (Lipinski definition) is 2. The van der Waals surface area contributed by atoms with Gasteiger partial charge in [0.05, 0.1) is 38.9 Å². The summed E-state index contributed by atoms with van der Waals surface area (Å²) in [7, 11) is -3.73. The van der Waals surface area contributed by atoms with Crippen LogP contribution in [0.2, 0.25) is 36.3 Å². The first-order chi connectivity index (χ1) is 29.3. The zero-order valence-electron chi connectivity index (χ0n) is 40.0. The summed E-state index contributed by atoms with van der Waals surface area (Å²) in [6, 6.07) is 23.1. The van der Waals surface area contributed by atoms with E-state index in [-0.39, 0.29) is 48.8 Å². The lowest BCUT2D eigenvalue weighted by Crippen LogP contribution is -2.71. The number of esters is 1. The van der Waals surface area contributed by atoms with E-state index < -0.39 is 70.7 Å². The summed E-state index contributed by atoms with van der Waals surface area (Å²) in [5.41, 5.74) is 4.68. The van der Waals surface area contributed by atoms with E-state index in [1.54, 1.807) is 27.9 Å². The van der Waals surface area contributed by atoms with Gasteiger partial charge in [-0.25, -0.2) is 4.79 Å². The van der Waals surface area contributed by atoms with Crippen molar-refractivity contribution in [3.05, 3.63) is 89.5 Å². The molecule has 1 heterocycles. The second kappa shape index (κ2) is 20.0. The summed E-state index contributed by atoms with van der Waals surface area (Å²) in [5.74, 6) is -0.332. The molecular weight excluding hydrogens is 833 g/mol. The molecule has 0 spiro atoms. The van der Waals surface area contributed by atoms with E-state index in [9.17, 15) is 14.4 Å². The van der Waals surface area contributed by atoms with Gasteiger partial charge < -0.3 is 43.2 Å². The lowest BCUT2D eigenvalue weighted by atomic mass is 9.92. The summed E-state index contributed by atoms with van der Waals surface area (Å²) >= 11 is 0. The van der Waals surface area contributed by atoms with E-state index in [2.05, 4.69) is 103 Å². The first-order valence-corrected chi connectivity index (χ1v) is 28.0. The molecule has 12 nitrogen and oxygen atoms in total. The Morgan fingerprint density at radius 3 is 1.78 bits per heavy atom. The Labute approximate surface area is 377 Å². The van der Waals surface area contributed by atoms with Crippen molar-refractivity contribution in [1.29, 1.82) is 0 Å². The third kappa shape index (κ3) is 12.6. The van der Waals surface area contributed by atoms with Crippen molar-refractivity contribution in [3.8, 4) is 16.9 Å². The fraction of sp³-hybridized carbons (Fsp3) is 0.571. The molecule has 346 valence electrons. The van der Waals surface area contributed by atoms with Crippen LogP contribution in [-0.4, -0.2) is 97.5 Å². The summed E-state index contributed by atoms with van der Waals surface area (Å²) in [4.78, 5) is 41.6. The molecule has 1 saturated heterocycles. The quantitative estimate of drug-likeness (QED) is 0.106. The number of carbonyl (C=O) groups is 3. The number of hydrogen-bond acceptors (Lipinski definition) is 10. The number of nitrogens with one attached hydrogen (secondary N) is 2. The number of fused-ring (bicyclic) bond motifs is 3. The Kier molecular flexibility index (Phi) is 15.9. The lowest BCUT2D eigenvalue weighted by molar-refractivity contribution is -0.193. The van der Waals surface area contributed by atoms with Gasteiger partial charge in [-0.2, -0.15) is 0 Å². The van der Waals surface area contributed by atoms with Crippen LogP contribution in [-0.2, 0) is 44.0 Å². The third-order valence-electron chi connectivity index (χ3n) is 12.8. The fourth-order valence-corrected chi connectivity index (χ4v) is 9.95. The number of carbonyl (C=O) groups excluding carboxylic acids is 3. The van der Waals surface area contributed by atoms with Gasteiger partial charge in [-0.3, -0.25) is 9.59 Å². The van der Waals surface area contributed by atoms with E-state index in [0.29, 0.717) is 0 Å². The molecule has 0 unspecified atom stereocenters. The predicted octanol–water partition coefficient (Wildman–Crippen LogP) is 9.52. The molecule has 0 bridgehead atoms. The highest BCUT2D eigenvalue weighted by atomic mass is 28.4. The number of rotatable bonds is 16. The van der Waals surface area contributed by atoms with Crippen molar-refractivity contribution >= 4 is 34.6 Å². The summed E-state index contributed by atoms with van der Waals surface area (Å²) in [6.45, 7) is 27.1. The highest BCUT2D eigenvalue weighted by molar-refractivity contribution is 6.74. The van der Waals surface area contributed by atoms with E-state index >= 15 is 0 Å². The maximum Gasteiger partial charge on any atom is 0.407 e. The van der Waals surface area contributed by atoms with Gasteiger partial charge in [0.25, 0.3) is 5.91 Å². The third-order valence-corrected chi connectivity index (χ3v) is 21.8. The van der Waals surface area contributed by atoms with Crippen LogP contribution in [0.15, 0.2) is 72.8 Å². The van der Waals surface area contributed by atoms with Crippen molar-refractivity contribution in [2.45, 2.75) is 154 Å². The van der Waals surface area contributed by atoms with Gasteiger partial charge in [0, 0.05) is 12.5 Å². The molecule has 5 rings (SSSR count). The number of methoxy groups -OCH3 is 1. The standard InChI is InChI=1S/C49H72N2O10Si2/c1-47(2,3)59-40(52)27-28-50-45(53)44-43(61-63(13,14)49(7,8)9)42(60-62(11,12)48(4,5)6)41(39(58-44)31-56-29-32-23-25-33(55-10)26-24-32)51-46(54)57-30-38-36-21-17-15-19-34(36)35-20-16-18-22-37(35)38/h15-26,38-39,41-44H,27-31H2,1-14H3,(H,50,53)(H,51,54)/t39-,41-,42+,43-,44-/m1/s1. The van der Waals surface area contributed by atoms with Gasteiger partial charge in [0.15, 0.2) is 22.7 Å². The second-order valence-electron chi connectivity index (χ2n) is 20.8. The van der Waals surface area contributed by atoms with Crippen molar-refractivity contribution in [2.75, 3.05) is 26.9 Å². The van der Waals surface area contributed by atoms with Crippen molar-refractivity contribution in [3.63, 3.8) is 0 Å². The highest BCUT2D eigenvalue weighted by Gasteiger charge is 2.56. The second-order valence-corrected chi connectivity index (χ2v) is 30.3. The smallest absolute Gasteiger partial charge is 0.407 e. The van der Waals surface area contributed by atoms with Crippen LogP contribution in [0.5, 0.6) is 5.75 Å². The van der Waals surface area contributed by atoms with Crippen LogP contribution >= 0.6 is 0 Å². The summed E-state index contributed by atoms with van der Waals surface area (Å²) < 4.78 is 44.8. The van der Waals surface area contributed by atoms with E-state index in [0.717, 1.165) is 33.6 Å². The maximum absolute atomic E-state index is 14.5. The van der Waals surface area contributed by atoms with Gasteiger partial charge in [-0.15, -0.1) is 0 Å². The average Bonchev–Trinajstić information content (AvgIpc) is 3.50. The molecule has 2 amide bonds. The zero-order chi connectivity index (χ0) is 46.5. The van der Waals surface area contributed by atoms with Crippen LogP contribution in [0.25, 0.3) is 11.1 Å². The Morgan fingerprint density at radius 1 is 0.714 bits per heavy atom. The minimum atomic E-state index is -2.68. The van der Waals surface area contributed by atoms with E-state index in [1.807, 2.05) is 48.5 Å². The van der Waals surface area contributed by atoms with Crippen LogP contribution in [0.3, 0.4) is 0 Å². The first-order valence-electron chi connectivity index (χ1n) is 22.1. The van der Waals surface area contributed by atoms with Gasteiger partial charge in [0.2, 0.25) is 0 Å². The lowest BCUT2D eigenvalue weighted by Gasteiger charge is -2.52. The Hall–Kier alpha value is -4.06. The summed E-state index contributed by atoms with van der Waals surface area (Å²) in [5, 5.41) is 5.59. The number of benzene rings is 3. The SMILES string of the molecule is COc1ccc(COC[C@H]2O[C@@H](C(=O)NCCC(=O)OC(C)(C)C)[C@H](O[Si](C)(C)C(C)(C)C)[C@@H](O[Si](C)(C)C(C)(C)C)[C@@H]2NC(=O)OCC2c3ccccc3-c3ccccc32)cc1. The number of amides is 2. The highest BCUT2D eigenvalue weighted by Crippen LogP contribution is 2.46. The van der Waals surface area contributed by atoms with Gasteiger partial charge in [-0.05, 0) is 97.0 Å². The van der Waals surface area contributed by atoms with Crippen LogP contribution in [0, 0.1) is 0 Å². The molecule has 2 aliphatic rings. The molecule has 0 saturated carbocycles. The minimum absolute atomic E-state index is 0.00772. The number of ether oxygens (including phenoxy) is 5. The molecule has 1 aliphatic carbocycles. The molecule has 63 heavy (non-hydrogen) atoms. The largest absolute Gasteiger partial charge is 0.497 e. The number of alkyl carbamates (subject to hydrolysis) is 1. The molecule has 3 aromatic rings. The zero-order valence-corrected chi connectivity index (χ0v) is 42.0. The van der Waals surface area contributed by atoms with E-state index in [4.69, 9.17) is 32.5 Å². The Morgan fingerprint density at radius 2 is 1.25 bits per heavy atom. The molecule has 3 aromatic carbocycles. The maximum atomic E-state index is 14.5. The molecule has 1 fully saturated rings. The van der Waals surface area contributed by atoms with Crippen molar-refractivity contribution in [1.82, 2.24) is 10.6 Å². The van der Waals surface area contributed by atoms with Crippen molar-refractivity contribution < 1.29 is 46.9 Å². The molecule has 14 heteroatoms. The van der Waals surface area contributed by atoms with Gasteiger partial charge in [-0.1, -0.05) is 102 Å². The Bertz CT molecular complexity index is 1990. The van der Waals surface area contributed by atoms with Crippen LogP contribution < -0.4 is 15.4 Å². The summed E-state index contributed by atoms with van der Waals surface area (Å²) in [6.07, 6.45) is -4.60. The average molecular weight is 905 g/mol. The van der Waals surface area contributed by atoms with E-state index in [1.165, 1.54) is 0 Å². The van der Waals surface area contributed by atoms with Gasteiger partial charge >= 0.3 is 12.1 Å². The minimum Gasteiger partial charge on any atom is -0.497 e. The first kappa shape index (κ1) is 50.0. The molecule has 5 atom stereocenters. The fourth-order valence-electron chi connectivity index (χ4n) is 7.34. The van der Waals surface area contributed by atoms with Crippen LogP contribution in [0.1, 0.15) is 91.3 Å². The normalized spacial score (nSPS) is 20.6. The molecule has 0 radical (unpaired) electrons. The molecular formula is C49H72N2O10Si2. The topological polar surface area (TPSA) is 140 Å². The van der Waals surface area contributed by atoms with Gasteiger partial charge in [0.1, 0.15) is 30.2 Å². The molecule has 2 N–H and O–H groups in total. The molecule has 1 aliphatic heterocycles. The monoisotopic (exact) mass is 904 g/mol. The molecule has 0 aromatic heterocycles.